The first-order valence-electron chi connectivity index (χ1n) is 7.88. The van der Waals surface area contributed by atoms with Gasteiger partial charge in [-0.2, -0.15) is 0 Å². The molecule has 3 heteroatoms. The van der Waals surface area contributed by atoms with Gasteiger partial charge < -0.3 is 10.6 Å². The largest absolute Gasteiger partial charge is 0.363 e. The minimum Gasteiger partial charge on any atom is -0.363 e. The van der Waals surface area contributed by atoms with Crippen molar-refractivity contribution in [3.8, 4) is 0 Å². The number of para-hydroxylation sites is 1. The van der Waals surface area contributed by atoms with E-state index in [-0.39, 0.29) is 0 Å². The normalized spacial score (nSPS) is 18.8. The summed E-state index contributed by atoms with van der Waals surface area (Å²) in [6, 6.07) is 13.8. The van der Waals surface area contributed by atoms with E-state index in [1.54, 1.807) is 0 Å². The molecule has 112 valence electrons. The maximum absolute atomic E-state index is 5.80. The van der Waals surface area contributed by atoms with Crippen molar-refractivity contribution in [2.24, 2.45) is 5.73 Å². The van der Waals surface area contributed by atoms with Gasteiger partial charge >= 0.3 is 0 Å². The van der Waals surface area contributed by atoms with E-state index in [1.807, 2.05) is 11.3 Å². The van der Waals surface area contributed by atoms with Gasteiger partial charge in [0, 0.05) is 27.9 Å². The van der Waals surface area contributed by atoms with Crippen LogP contribution in [0, 0.1) is 0 Å². The van der Waals surface area contributed by atoms with Gasteiger partial charge in [-0.3, -0.25) is 0 Å². The van der Waals surface area contributed by atoms with Crippen LogP contribution in [0.3, 0.4) is 0 Å². The molecule has 0 spiro atoms. The zero-order chi connectivity index (χ0) is 14.8. The summed E-state index contributed by atoms with van der Waals surface area (Å²) in [5.41, 5.74) is 8.68. The van der Waals surface area contributed by atoms with E-state index in [0.29, 0.717) is 12.0 Å². The van der Waals surface area contributed by atoms with E-state index in [2.05, 4.69) is 55.1 Å². The van der Waals surface area contributed by atoms with Crippen LogP contribution in [0.15, 0.2) is 36.4 Å². The van der Waals surface area contributed by atoms with Crippen molar-refractivity contribution in [3.05, 3.63) is 51.7 Å². The molecule has 2 unspecified atom stereocenters. The molecule has 0 radical (unpaired) electrons. The Morgan fingerprint density at radius 3 is 2.81 bits per heavy atom. The van der Waals surface area contributed by atoms with Crippen molar-refractivity contribution in [2.75, 3.05) is 18.0 Å². The third-order valence-electron chi connectivity index (χ3n) is 4.53. The molecule has 0 saturated carbocycles. The fraction of sp³-hybridized carbons (Fsp3) is 0.444. The summed E-state index contributed by atoms with van der Waals surface area (Å²) >= 11 is 1.95. The van der Waals surface area contributed by atoms with Crippen molar-refractivity contribution >= 4 is 17.0 Å². The zero-order valence-electron chi connectivity index (χ0n) is 12.9. The van der Waals surface area contributed by atoms with Crippen molar-refractivity contribution in [1.82, 2.24) is 0 Å². The molecule has 0 amide bonds. The number of nitrogens with zero attached hydrogens (tertiary/aromatic N) is 1. The Kier molecular flexibility index (Phi) is 4.32. The number of benzene rings is 1. The third kappa shape index (κ3) is 2.72. The molecule has 1 aliphatic heterocycles. The number of thiophene rings is 1. The number of hydrogen-bond acceptors (Lipinski definition) is 3. The minimum absolute atomic E-state index is 0.444. The van der Waals surface area contributed by atoms with E-state index in [1.165, 1.54) is 21.0 Å². The number of aryl methyl sites for hydroxylation is 1. The van der Waals surface area contributed by atoms with Gasteiger partial charge in [0.15, 0.2) is 0 Å². The molecule has 3 rings (SSSR count). The quantitative estimate of drug-likeness (QED) is 0.891. The zero-order valence-corrected chi connectivity index (χ0v) is 13.7. The van der Waals surface area contributed by atoms with Crippen molar-refractivity contribution in [2.45, 2.75) is 38.6 Å². The highest BCUT2D eigenvalue weighted by molar-refractivity contribution is 7.12. The first kappa shape index (κ1) is 14.6. The molecule has 2 aromatic rings. The molecule has 0 saturated heterocycles. The van der Waals surface area contributed by atoms with Gasteiger partial charge in [-0.15, -0.1) is 11.3 Å². The van der Waals surface area contributed by atoms with Gasteiger partial charge in [0.25, 0.3) is 0 Å². The van der Waals surface area contributed by atoms with Crippen LogP contribution in [0.2, 0.25) is 0 Å². The number of hydrogen-bond donors (Lipinski definition) is 1. The van der Waals surface area contributed by atoms with Crippen LogP contribution in [-0.4, -0.2) is 13.1 Å². The van der Waals surface area contributed by atoms with Gasteiger partial charge in [0.2, 0.25) is 0 Å². The average molecular weight is 300 g/mol. The summed E-state index contributed by atoms with van der Waals surface area (Å²) in [5, 5.41) is 0. The molecular weight excluding hydrogens is 276 g/mol. The van der Waals surface area contributed by atoms with E-state index in [0.717, 1.165) is 25.9 Å². The van der Waals surface area contributed by atoms with Crippen LogP contribution < -0.4 is 10.6 Å². The summed E-state index contributed by atoms with van der Waals surface area (Å²) in [4.78, 5) is 5.50. The third-order valence-corrected chi connectivity index (χ3v) is 5.93. The Balaban J connectivity index is 1.88. The highest BCUT2D eigenvalue weighted by Crippen LogP contribution is 2.43. The van der Waals surface area contributed by atoms with Crippen LogP contribution in [0.1, 0.15) is 47.5 Å². The standard InChI is InChI=1S/C18H24N2S/c1-3-15-8-9-18(21-15)13(2)20-12-14(10-11-19)16-6-4-5-7-17(16)20/h4-9,13-14H,3,10-12,19H2,1-2H3. The fourth-order valence-corrected chi connectivity index (χ4v) is 4.32. The number of rotatable bonds is 5. The molecule has 1 aromatic heterocycles. The summed E-state index contributed by atoms with van der Waals surface area (Å²) in [6.07, 6.45) is 2.20. The van der Waals surface area contributed by atoms with Gasteiger partial charge in [-0.25, -0.2) is 0 Å². The van der Waals surface area contributed by atoms with Gasteiger partial charge in [-0.1, -0.05) is 25.1 Å². The maximum Gasteiger partial charge on any atom is 0.0607 e. The first-order chi connectivity index (χ1) is 10.2. The molecule has 0 aliphatic carbocycles. The predicted molar refractivity (Wildman–Crippen MR) is 92.3 cm³/mol. The van der Waals surface area contributed by atoms with Crippen LogP contribution >= 0.6 is 11.3 Å². The Bertz CT molecular complexity index is 605. The van der Waals surface area contributed by atoms with Crippen molar-refractivity contribution < 1.29 is 0 Å². The fourth-order valence-electron chi connectivity index (χ4n) is 3.31. The Hall–Kier alpha value is -1.32. The van der Waals surface area contributed by atoms with E-state index in [9.17, 15) is 0 Å². The molecule has 0 fully saturated rings. The molecular formula is C18H24N2S. The van der Waals surface area contributed by atoms with Crippen molar-refractivity contribution in [1.29, 1.82) is 0 Å². The van der Waals surface area contributed by atoms with Crippen LogP contribution in [0.5, 0.6) is 0 Å². The molecule has 2 heterocycles. The number of fused-ring (bicyclic) bond motifs is 1. The predicted octanol–water partition coefficient (Wildman–Crippen LogP) is 4.32. The first-order valence-corrected chi connectivity index (χ1v) is 8.70. The van der Waals surface area contributed by atoms with Crippen LogP contribution in [0.4, 0.5) is 5.69 Å². The second-order valence-corrected chi connectivity index (χ2v) is 7.02. The second-order valence-electron chi connectivity index (χ2n) is 5.82. The van der Waals surface area contributed by atoms with E-state index < -0.39 is 0 Å². The van der Waals surface area contributed by atoms with E-state index >= 15 is 0 Å². The summed E-state index contributed by atoms with van der Waals surface area (Å²) in [6.45, 7) is 6.41. The Labute approximate surface area is 131 Å². The Morgan fingerprint density at radius 2 is 2.10 bits per heavy atom. The lowest BCUT2D eigenvalue weighted by molar-refractivity contribution is 0.610. The lowest BCUT2D eigenvalue weighted by Crippen LogP contribution is -2.25. The SMILES string of the molecule is CCc1ccc(C(C)N2CC(CCN)c3ccccc32)s1. The van der Waals surface area contributed by atoms with Crippen LogP contribution in [0.25, 0.3) is 0 Å². The summed E-state index contributed by atoms with van der Waals surface area (Å²) in [5.74, 6) is 0.583. The number of nitrogens with two attached hydrogens (primary N) is 1. The lowest BCUT2D eigenvalue weighted by Gasteiger charge is -2.27. The van der Waals surface area contributed by atoms with Crippen molar-refractivity contribution in [3.63, 3.8) is 0 Å². The maximum atomic E-state index is 5.80. The molecule has 21 heavy (non-hydrogen) atoms. The van der Waals surface area contributed by atoms with Gasteiger partial charge in [0.1, 0.15) is 0 Å². The monoisotopic (exact) mass is 300 g/mol. The molecule has 2 N–H and O–H groups in total. The summed E-state index contributed by atoms with van der Waals surface area (Å²) in [7, 11) is 0. The van der Waals surface area contributed by atoms with Crippen LogP contribution in [-0.2, 0) is 6.42 Å². The molecule has 2 nitrogen and oxygen atoms in total. The average Bonchev–Trinajstić information content (AvgIpc) is 3.12. The Morgan fingerprint density at radius 1 is 1.29 bits per heavy atom. The molecule has 1 aromatic carbocycles. The highest BCUT2D eigenvalue weighted by Gasteiger charge is 2.31. The minimum atomic E-state index is 0.444. The van der Waals surface area contributed by atoms with E-state index in [4.69, 9.17) is 5.73 Å². The molecule has 1 aliphatic rings. The summed E-state index contributed by atoms with van der Waals surface area (Å²) < 4.78 is 0. The van der Waals surface area contributed by atoms with Gasteiger partial charge in [0.05, 0.1) is 6.04 Å². The highest BCUT2D eigenvalue weighted by atomic mass is 32.1. The second kappa shape index (κ2) is 6.20. The lowest BCUT2D eigenvalue weighted by atomic mass is 9.98. The number of anilines is 1. The van der Waals surface area contributed by atoms with Gasteiger partial charge in [-0.05, 0) is 50.1 Å². The molecule has 2 atom stereocenters. The topological polar surface area (TPSA) is 29.3 Å². The molecule has 0 bridgehead atoms. The smallest absolute Gasteiger partial charge is 0.0607 e.